The minimum atomic E-state index is -1.10. The lowest BCUT2D eigenvalue weighted by Gasteiger charge is -2.16. The third kappa shape index (κ3) is 5.27. The fourth-order valence-corrected chi connectivity index (χ4v) is 2.78. The summed E-state index contributed by atoms with van der Waals surface area (Å²) in [5.41, 5.74) is 0.129. The molecule has 142 valence electrons. The molecule has 0 saturated carbocycles. The highest BCUT2D eigenvalue weighted by molar-refractivity contribution is 7.98. The summed E-state index contributed by atoms with van der Waals surface area (Å²) in [6.07, 6.45) is 0.790. The highest BCUT2D eigenvalue weighted by Crippen LogP contribution is 2.28. The van der Waals surface area contributed by atoms with Crippen LogP contribution in [0.15, 0.2) is 47.4 Å². The molecule has 0 heterocycles. The zero-order chi connectivity index (χ0) is 20.0. The monoisotopic (exact) mass is 392 g/mol. The number of nitrogens with one attached hydrogen (secondary N) is 1. The van der Waals surface area contributed by atoms with E-state index in [0.717, 1.165) is 6.07 Å². The molecule has 0 radical (unpaired) electrons. The lowest BCUT2D eigenvalue weighted by atomic mass is 10.2. The van der Waals surface area contributed by atoms with Crippen molar-refractivity contribution in [2.75, 3.05) is 11.6 Å². The Morgan fingerprint density at radius 3 is 2.48 bits per heavy atom. The lowest BCUT2D eigenvalue weighted by molar-refractivity contribution is -0.387. The third-order valence-corrected chi connectivity index (χ3v) is 4.42. The molecule has 1 N–H and O–H groups in total. The van der Waals surface area contributed by atoms with E-state index < -0.39 is 28.7 Å². The van der Waals surface area contributed by atoms with Gasteiger partial charge in [-0.2, -0.15) is 0 Å². The topological polar surface area (TPSA) is 98.5 Å². The first-order valence-electron chi connectivity index (χ1n) is 7.95. The van der Waals surface area contributed by atoms with E-state index >= 15 is 0 Å². The molecular formula is C18H17FN2O5S. The molecule has 2 aromatic rings. The normalized spacial score (nSPS) is 11.5. The number of thioether (sulfide) groups is 1. The molecule has 0 unspecified atom stereocenters. The molecule has 0 aliphatic carbocycles. The largest absolute Gasteiger partial charge is 0.449 e. The number of nitro groups is 1. The van der Waals surface area contributed by atoms with Crippen LogP contribution in [0.2, 0.25) is 0 Å². The second-order valence-electron chi connectivity index (χ2n) is 5.44. The summed E-state index contributed by atoms with van der Waals surface area (Å²) in [6.45, 7) is 1.65. The van der Waals surface area contributed by atoms with Crippen molar-refractivity contribution in [3.05, 3.63) is 64.0 Å². The van der Waals surface area contributed by atoms with Gasteiger partial charge in [0.1, 0.15) is 5.82 Å². The molecule has 1 atom stereocenters. The number of ether oxygens (including phenoxy) is 1. The van der Waals surface area contributed by atoms with Gasteiger partial charge in [0, 0.05) is 11.8 Å². The molecule has 0 saturated heterocycles. The third-order valence-electron chi connectivity index (χ3n) is 3.64. The highest BCUT2D eigenvalue weighted by atomic mass is 32.2. The summed E-state index contributed by atoms with van der Waals surface area (Å²) < 4.78 is 18.1. The summed E-state index contributed by atoms with van der Waals surface area (Å²) in [5, 5.41) is 13.6. The number of halogens is 1. The number of rotatable bonds is 7. The first-order valence-corrected chi connectivity index (χ1v) is 9.18. The Kier molecular flexibility index (Phi) is 6.89. The van der Waals surface area contributed by atoms with Crippen molar-refractivity contribution in [3.8, 4) is 0 Å². The van der Waals surface area contributed by atoms with Crippen LogP contribution in [-0.4, -0.2) is 29.2 Å². The molecule has 7 nitrogen and oxygen atoms in total. The molecule has 0 spiro atoms. The zero-order valence-electron chi connectivity index (χ0n) is 14.6. The maximum Gasteiger partial charge on any atom is 0.339 e. The zero-order valence-corrected chi connectivity index (χ0v) is 15.4. The van der Waals surface area contributed by atoms with E-state index in [2.05, 4.69) is 5.32 Å². The Morgan fingerprint density at radius 2 is 1.93 bits per heavy atom. The van der Waals surface area contributed by atoms with Crippen LogP contribution in [0.25, 0.3) is 0 Å². The molecule has 2 aromatic carbocycles. The molecule has 9 heteroatoms. The number of benzene rings is 2. The van der Waals surface area contributed by atoms with Crippen molar-refractivity contribution in [1.29, 1.82) is 0 Å². The highest BCUT2D eigenvalue weighted by Gasteiger charge is 2.24. The number of hydrogen-bond donors (Lipinski definition) is 1. The minimum Gasteiger partial charge on any atom is -0.449 e. The van der Waals surface area contributed by atoms with Gasteiger partial charge in [-0.1, -0.05) is 6.92 Å². The standard InChI is InChI=1S/C18H17FN2O5S/c1-3-15(17(22)20-13-7-5-12(19)6-8-13)26-18(23)11-4-9-16(27-2)14(10-11)21(24)25/h4-10,15H,3H2,1-2H3,(H,20,22)/t15-/m1/s1. The Bertz CT molecular complexity index is 857. The van der Waals surface area contributed by atoms with Crippen molar-refractivity contribution < 1.29 is 23.6 Å². The van der Waals surface area contributed by atoms with Crippen molar-refractivity contribution in [3.63, 3.8) is 0 Å². The first kappa shape index (κ1) is 20.4. The molecule has 27 heavy (non-hydrogen) atoms. The second-order valence-corrected chi connectivity index (χ2v) is 6.29. The van der Waals surface area contributed by atoms with Crippen molar-refractivity contribution in [2.45, 2.75) is 24.3 Å². The summed E-state index contributed by atoms with van der Waals surface area (Å²) in [4.78, 5) is 35.5. The van der Waals surface area contributed by atoms with Gasteiger partial charge in [-0.05, 0) is 49.1 Å². The number of hydrogen-bond acceptors (Lipinski definition) is 6. The average Bonchev–Trinajstić information content (AvgIpc) is 2.66. The summed E-state index contributed by atoms with van der Waals surface area (Å²) >= 11 is 1.19. The van der Waals surface area contributed by atoms with E-state index in [1.807, 2.05) is 0 Å². The van der Waals surface area contributed by atoms with Crippen LogP contribution >= 0.6 is 11.8 Å². The van der Waals surface area contributed by atoms with E-state index in [4.69, 9.17) is 4.74 Å². The van der Waals surface area contributed by atoms with Crippen molar-refractivity contribution in [2.24, 2.45) is 0 Å². The quantitative estimate of drug-likeness (QED) is 0.331. The van der Waals surface area contributed by atoms with Gasteiger partial charge in [0.05, 0.1) is 15.4 Å². The lowest BCUT2D eigenvalue weighted by Crippen LogP contribution is -2.32. The van der Waals surface area contributed by atoms with Crippen molar-refractivity contribution in [1.82, 2.24) is 0 Å². The molecular weight excluding hydrogens is 375 g/mol. The van der Waals surface area contributed by atoms with Crippen LogP contribution in [0.5, 0.6) is 0 Å². The number of nitrogens with zero attached hydrogens (tertiary/aromatic N) is 1. The average molecular weight is 392 g/mol. The van der Waals surface area contributed by atoms with Crippen LogP contribution in [-0.2, 0) is 9.53 Å². The number of amides is 1. The van der Waals surface area contributed by atoms with Gasteiger partial charge in [0.25, 0.3) is 11.6 Å². The number of esters is 1. The predicted octanol–water partition coefficient (Wildman–Crippen LogP) is 4.03. The van der Waals surface area contributed by atoms with Gasteiger partial charge in [0.15, 0.2) is 6.10 Å². The smallest absolute Gasteiger partial charge is 0.339 e. The summed E-state index contributed by atoms with van der Waals surface area (Å²) in [6, 6.07) is 9.13. The van der Waals surface area contributed by atoms with E-state index in [0.29, 0.717) is 10.6 Å². The first-order chi connectivity index (χ1) is 12.8. The van der Waals surface area contributed by atoms with Gasteiger partial charge in [-0.25, -0.2) is 9.18 Å². The maximum absolute atomic E-state index is 12.9. The van der Waals surface area contributed by atoms with Crippen LogP contribution < -0.4 is 5.32 Å². The Labute approximate surface area is 159 Å². The van der Waals surface area contributed by atoms with Gasteiger partial charge in [0.2, 0.25) is 0 Å². The number of anilines is 1. The summed E-state index contributed by atoms with van der Waals surface area (Å²) in [7, 11) is 0. The molecule has 0 fully saturated rings. The van der Waals surface area contributed by atoms with E-state index in [1.54, 1.807) is 13.2 Å². The Morgan fingerprint density at radius 1 is 1.26 bits per heavy atom. The maximum atomic E-state index is 12.9. The van der Waals surface area contributed by atoms with E-state index in [1.165, 1.54) is 48.2 Å². The SMILES string of the molecule is CC[C@@H](OC(=O)c1ccc(SC)c([N+](=O)[O-])c1)C(=O)Nc1ccc(F)cc1. The predicted molar refractivity (Wildman–Crippen MR) is 99.4 cm³/mol. The molecule has 2 rings (SSSR count). The van der Waals surface area contributed by atoms with Crippen LogP contribution in [0.3, 0.4) is 0 Å². The molecule has 1 amide bonds. The van der Waals surface area contributed by atoms with Crippen LogP contribution in [0.4, 0.5) is 15.8 Å². The molecule has 0 aliphatic heterocycles. The van der Waals surface area contributed by atoms with Gasteiger partial charge >= 0.3 is 5.97 Å². The number of nitro benzene ring substituents is 1. The van der Waals surface area contributed by atoms with E-state index in [-0.39, 0.29) is 17.7 Å². The second kappa shape index (κ2) is 9.13. The van der Waals surface area contributed by atoms with Gasteiger partial charge in [-0.3, -0.25) is 14.9 Å². The Hall–Kier alpha value is -2.94. The van der Waals surface area contributed by atoms with E-state index in [9.17, 15) is 24.1 Å². The molecule has 0 aromatic heterocycles. The number of carbonyl (C=O) groups excluding carboxylic acids is 2. The molecule has 0 bridgehead atoms. The van der Waals surface area contributed by atoms with Gasteiger partial charge < -0.3 is 10.1 Å². The van der Waals surface area contributed by atoms with Gasteiger partial charge in [-0.15, -0.1) is 11.8 Å². The fraction of sp³-hybridized carbons (Fsp3) is 0.222. The van der Waals surface area contributed by atoms with Crippen molar-refractivity contribution >= 4 is 35.0 Å². The number of carbonyl (C=O) groups is 2. The Balaban J connectivity index is 2.12. The fourth-order valence-electron chi connectivity index (χ4n) is 2.24. The molecule has 0 aliphatic rings. The minimum absolute atomic E-state index is 0.0208. The van der Waals surface area contributed by atoms with Crippen LogP contribution in [0.1, 0.15) is 23.7 Å². The van der Waals surface area contributed by atoms with Crippen LogP contribution in [0, 0.1) is 15.9 Å². The summed E-state index contributed by atoms with van der Waals surface area (Å²) in [5.74, 6) is -1.86.